The van der Waals surface area contributed by atoms with Gasteiger partial charge in [-0.2, -0.15) is 0 Å². The molecule has 1 saturated heterocycles. The summed E-state index contributed by atoms with van der Waals surface area (Å²) in [5.41, 5.74) is 2.00. The molecular formula is C11H12N2O. The molecule has 2 N–H and O–H groups in total. The number of nitrogens with one attached hydrogen (secondary N) is 2. The SMILES string of the molecule is O=C1NCCC12CNc1ccccc12. The Balaban J connectivity index is 2.17. The lowest BCUT2D eigenvalue weighted by molar-refractivity contribution is -0.123. The molecule has 72 valence electrons. The van der Waals surface area contributed by atoms with Gasteiger partial charge in [0.2, 0.25) is 5.91 Å². The van der Waals surface area contributed by atoms with Crippen molar-refractivity contribution in [3.63, 3.8) is 0 Å². The summed E-state index contributed by atoms with van der Waals surface area (Å²) in [5.74, 6) is 0.176. The fourth-order valence-electron chi connectivity index (χ4n) is 2.49. The van der Waals surface area contributed by atoms with Crippen LogP contribution in [0.25, 0.3) is 0 Å². The van der Waals surface area contributed by atoms with Gasteiger partial charge in [0, 0.05) is 18.8 Å². The number of carbonyl (C=O) groups excluding carboxylic acids is 1. The summed E-state index contributed by atoms with van der Waals surface area (Å²) in [6.45, 7) is 1.55. The molecule has 1 aromatic rings. The molecule has 3 nitrogen and oxygen atoms in total. The third-order valence-electron chi connectivity index (χ3n) is 3.30. The van der Waals surface area contributed by atoms with Crippen LogP contribution in [0.1, 0.15) is 12.0 Å². The molecule has 2 aliphatic heterocycles. The van der Waals surface area contributed by atoms with Crippen LogP contribution in [0.15, 0.2) is 24.3 Å². The van der Waals surface area contributed by atoms with Crippen LogP contribution >= 0.6 is 0 Å². The molecule has 0 aliphatic carbocycles. The first-order valence-corrected chi connectivity index (χ1v) is 4.95. The van der Waals surface area contributed by atoms with E-state index in [0.29, 0.717) is 0 Å². The summed E-state index contributed by atoms with van der Waals surface area (Å²) >= 11 is 0. The van der Waals surface area contributed by atoms with Crippen molar-refractivity contribution < 1.29 is 4.79 Å². The topological polar surface area (TPSA) is 41.1 Å². The molecule has 3 heteroatoms. The quantitative estimate of drug-likeness (QED) is 0.634. The minimum atomic E-state index is -0.281. The monoisotopic (exact) mass is 188 g/mol. The highest BCUT2D eigenvalue weighted by molar-refractivity contribution is 5.94. The number of anilines is 1. The van der Waals surface area contributed by atoms with E-state index in [-0.39, 0.29) is 11.3 Å². The van der Waals surface area contributed by atoms with Crippen molar-refractivity contribution in [1.82, 2.24) is 5.32 Å². The highest BCUT2D eigenvalue weighted by atomic mass is 16.2. The molecule has 0 bridgehead atoms. The molecule has 1 unspecified atom stereocenters. The van der Waals surface area contributed by atoms with E-state index in [1.54, 1.807) is 0 Å². The zero-order chi connectivity index (χ0) is 9.60. The zero-order valence-corrected chi connectivity index (χ0v) is 7.84. The Morgan fingerprint density at radius 2 is 2.07 bits per heavy atom. The molecule has 2 aliphatic rings. The fraction of sp³-hybridized carbons (Fsp3) is 0.364. The van der Waals surface area contributed by atoms with Gasteiger partial charge in [-0.05, 0) is 18.1 Å². The molecule has 1 spiro atoms. The van der Waals surface area contributed by atoms with Gasteiger partial charge in [0.25, 0.3) is 0 Å². The normalized spacial score (nSPS) is 28.7. The first-order valence-electron chi connectivity index (χ1n) is 4.95. The van der Waals surface area contributed by atoms with Crippen molar-refractivity contribution in [3.05, 3.63) is 29.8 Å². The van der Waals surface area contributed by atoms with Gasteiger partial charge in [-0.15, -0.1) is 0 Å². The minimum absolute atomic E-state index is 0.176. The first kappa shape index (κ1) is 7.85. The molecule has 0 saturated carbocycles. The number of rotatable bonds is 0. The molecule has 0 radical (unpaired) electrons. The Hall–Kier alpha value is -1.51. The number of carbonyl (C=O) groups is 1. The third kappa shape index (κ3) is 0.794. The van der Waals surface area contributed by atoms with E-state index in [9.17, 15) is 4.79 Å². The Morgan fingerprint density at radius 1 is 1.21 bits per heavy atom. The van der Waals surface area contributed by atoms with Gasteiger partial charge in [-0.25, -0.2) is 0 Å². The van der Waals surface area contributed by atoms with E-state index in [0.717, 1.165) is 30.8 Å². The number of amides is 1. The van der Waals surface area contributed by atoms with Gasteiger partial charge < -0.3 is 10.6 Å². The van der Waals surface area contributed by atoms with Crippen LogP contribution in [0, 0.1) is 0 Å². The number of benzene rings is 1. The van der Waals surface area contributed by atoms with Crippen molar-refractivity contribution in [2.24, 2.45) is 0 Å². The largest absolute Gasteiger partial charge is 0.383 e. The fourth-order valence-corrected chi connectivity index (χ4v) is 2.49. The summed E-state index contributed by atoms with van der Waals surface area (Å²) in [7, 11) is 0. The predicted molar refractivity (Wildman–Crippen MR) is 54.2 cm³/mol. The summed E-state index contributed by atoms with van der Waals surface area (Å²) in [4.78, 5) is 11.8. The second-order valence-electron chi connectivity index (χ2n) is 3.99. The average Bonchev–Trinajstić information content (AvgIpc) is 2.76. The third-order valence-corrected chi connectivity index (χ3v) is 3.30. The van der Waals surface area contributed by atoms with Crippen LogP contribution < -0.4 is 10.6 Å². The van der Waals surface area contributed by atoms with Crippen LogP contribution in [0.2, 0.25) is 0 Å². The lowest BCUT2D eigenvalue weighted by atomic mass is 9.81. The van der Waals surface area contributed by atoms with Crippen LogP contribution in [0.3, 0.4) is 0 Å². The smallest absolute Gasteiger partial charge is 0.232 e. The number of hydrogen-bond donors (Lipinski definition) is 2. The van der Waals surface area contributed by atoms with Crippen LogP contribution in [-0.2, 0) is 10.2 Å². The Bertz CT molecular complexity index is 402. The average molecular weight is 188 g/mol. The number of fused-ring (bicyclic) bond motifs is 2. The van der Waals surface area contributed by atoms with E-state index in [4.69, 9.17) is 0 Å². The molecule has 1 aromatic carbocycles. The van der Waals surface area contributed by atoms with Crippen molar-refractivity contribution >= 4 is 11.6 Å². The van der Waals surface area contributed by atoms with Gasteiger partial charge in [0.1, 0.15) is 0 Å². The number of hydrogen-bond acceptors (Lipinski definition) is 2. The van der Waals surface area contributed by atoms with Crippen LogP contribution in [0.5, 0.6) is 0 Å². The van der Waals surface area contributed by atoms with Crippen LogP contribution in [-0.4, -0.2) is 19.0 Å². The van der Waals surface area contributed by atoms with Gasteiger partial charge in [0.05, 0.1) is 5.41 Å². The lowest BCUT2D eigenvalue weighted by Crippen LogP contribution is -2.37. The molecule has 3 rings (SSSR count). The Kier molecular flexibility index (Phi) is 1.40. The zero-order valence-electron chi connectivity index (χ0n) is 7.84. The van der Waals surface area contributed by atoms with Crippen molar-refractivity contribution in [1.29, 1.82) is 0 Å². The summed E-state index contributed by atoms with van der Waals surface area (Å²) in [6, 6.07) is 8.09. The van der Waals surface area contributed by atoms with Crippen molar-refractivity contribution in [2.75, 3.05) is 18.4 Å². The molecule has 0 aromatic heterocycles. The highest BCUT2D eigenvalue weighted by Crippen LogP contribution is 2.41. The van der Waals surface area contributed by atoms with E-state index < -0.39 is 0 Å². The van der Waals surface area contributed by atoms with Crippen LogP contribution in [0.4, 0.5) is 5.69 Å². The number of para-hydroxylation sites is 1. The minimum Gasteiger partial charge on any atom is -0.383 e. The molecule has 1 amide bonds. The van der Waals surface area contributed by atoms with Gasteiger partial charge in [-0.3, -0.25) is 4.79 Å². The lowest BCUT2D eigenvalue weighted by Gasteiger charge is -2.18. The van der Waals surface area contributed by atoms with E-state index >= 15 is 0 Å². The second kappa shape index (κ2) is 2.50. The molecular weight excluding hydrogens is 176 g/mol. The molecule has 2 heterocycles. The first-order chi connectivity index (χ1) is 6.83. The van der Waals surface area contributed by atoms with Gasteiger partial charge >= 0.3 is 0 Å². The molecule has 14 heavy (non-hydrogen) atoms. The van der Waals surface area contributed by atoms with Crippen molar-refractivity contribution in [2.45, 2.75) is 11.8 Å². The second-order valence-corrected chi connectivity index (χ2v) is 3.99. The van der Waals surface area contributed by atoms with E-state index in [1.165, 1.54) is 0 Å². The maximum Gasteiger partial charge on any atom is 0.232 e. The van der Waals surface area contributed by atoms with Crippen molar-refractivity contribution in [3.8, 4) is 0 Å². The van der Waals surface area contributed by atoms with E-state index in [2.05, 4.69) is 16.7 Å². The molecule has 1 fully saturated rings. The predicted octanol–water partition coefficient (Wildman–Crippen LogP) is 0.870. The summed E-state index contributed by atoms with van der Waals surface area (Å²) in [6.07, 6.45) is 0.913. The molecule has 1 atom stereocenters. The standard InChI is InChI=1S/C11H12N2O/c14-10-11(5-6-12-10)7-13-9-4-2-1-3-8(9)11/h1-4,13H,5-7H2,(H,12,14). The Labute approximate surface area is 82.5 Å². The highest BCUT2D eigenvalue weighted by Gasteiger charge is 2.48. The summed E-state index contributed by atoms with van der Waals surface area (Å²) in [5, 5.41) is 6.22. The van der Waals surface area contributed by atoms with Gasteiger partial charge in [-0.1, -0.05) is 18.2 Å². The van der Waals surface area contributed by atoms with Gasteiger partial charge in [0.15, 0.2) is 0 Å². The summed E-state index contributed by atoms with van der Waals surface area (Å²) < 4.78 is 0. The maximum absolute atomic E-state index is 11.8. The Morgan fingerprint density at radius 3 is 2.86 bits per heavy atom. The maximum atomic E-state index is 11.8. The van der Waals surface area contributed by atoms with E-state index in [1.807, 2.05) is 18.2 Å².